The molecule has 3 aliphatic rings. The van der Waals surface area contributed by atoms with Crippen LogP contribution in [-0.2, 0) is 16.0 Å². The molecule has 1 aliphatic carbocycles. The Bertz CT molecular complexity index is 772. The minimum Gasteiger partial charge on any atom is -0.341 e. The van der Waals surface area contributed by atoms with Crippen molar-refractivity contribution >= 4 is 18.2 Å². The van der Waals surface area contributed by atoms with Crippen molar-refractivity contribution in [1.29, 1.82) is 0 Å². The number of carbonyl (C=O) groups is 2. The van der Waals surface area contributed by atoms with Gasteiger partial charge < -0.3 is 4.90 Å². The first-order chi connectivity index (χ1) is 14.1. The summed E-state index contributed by atoms with van der Waals surface area (Å²) in [4.78, 5) is 27.5. The van der Waals surface area contributed by atoms with Crippen LogP contribution in [-0.4, -0.2) is 58.7 Å². The number of nitrogens with zero attached hydrogens (tertiary/aromatic N) is 4. The fourth-order valence-electron chi connectivity index (χ4n) is 4.57. The van der Waals surface area contributed by atoms with E-state index >= 15 is 0 Å². The number of hydrogen-bond acceptors (Lipinski definition) is 5. The van der Waals surface area contributed by atoms with Crippen LogP contribution in [0.5, 0.6) is 0 Å². The molecule has 1 aromatic carbocycles. The van der Waals surface area contributed by atoms with Gasteiger partial charge in [-0.3, -0.25) is 14.6 Å². The molecule has 1 saturated heterocycles. The molecule has 2 fully saturated rings. The third-order valence-electron chi connectivity index (χ3n) is 6.55. The largest absolute Gasteiger partial charge is 0.341 e. The molecular weight excluding hydrogens is 366 g/mol. The van der Waals surface area contributed by atoms with E-state index in [9.17, 15) is 9.59 Å². The van der Waals surface area contributed by atoms with Crippen molar-refractivity contribution in [1.82, 2.24) is 20.3 Å². The third-order valence-corrected chi connectivity index (χ3v) is 6.55. The monoisotopic (exact) mass is 397 g/mol. The van der Waals surface area contributed by atoms with E-state index in [1.54, 1.807) is 11.3 Å². The van der Waals surface area contributed by atoms with Crippen LogP contribution in [0, 0.1) is 0 Å². The summed E-state index contributed by atoms with van der Waals surface area (Å²) in [5.41, 5.74) is 5.83. The summed E-state index contributed by atoms with van der Waals surface area (Å²) in [5, 5.41) is 7.38. The minimum absolute atomic E-state index is 0.0164. The molecule has 2 amide bonds. The van der Waals surface area contributed by atoms with Crippen molar-refractivity contribution < 1.29 is 9.59 Å². The fraction of sp³-hybridized carbons (Fsp3) is 0.591. The Balaban J connectivity index is 1.37. The lowest BCUT2D eigenvalue weighted by Crippen LogP contribution is -2.53. The van der Waals surface area contributed by atoms with Crippen LogP contribution >= 0.6 is 0 Å². The molecule has 156 valence electrons. The Kier molecular flexibility index (Phi) is 5.85. The fourth-order valence-corrected chi connectivity index (χ4v) is 4.57. The van der Waals surface area contributed by atoms with Crippen LogP contribution in [0.25, 0.3) is 0 Å². The first-order valence-electron chi connectivity index (χ1n) is 10.8. The number of nitrogens with one attached hydrogen (secondary N) is 1. The molecule has 2 heterocycles. The van der Waals surface area contributed by atoms with E-state index < -0.39 is 0 Å². The smallest absolute Gasteiger partial charge is 0.267 e. The first kappa shape index (κ1) is 19.9. The highest BCUT2D eigenvalue weighted by atomic mass is 16.2. The van der Waals surface area contributed by atoms with E-state index in [1.165, 1.54) is 29.8 Å². The summed E-state index contributed by atoms with van der Waals surface area (Å²) < 4.78 is 0. The zero-order valence-corrected chi connectivity index (χ0v) is 17.4. The second kappa shape index (κ2) is 8.53. The topological polar surface area (TPSA) is 68.2 Å². The molecule has 7 nitrogen and oxygen atoms in total. The van der Waals surface area contributed by atoms with Gasteiger partial charge >= 0.3 is 0 Å². The van der Waals surface area contributed by atoms with Crippen molar-refractivity contribution in [3.8, 4) is 0 Å². The molecule has 0 aromatic heterocycles. The zero-order chi connectivity index (χ0) is 20.4. The average molecular weight is 398 g/mol. The van der Waals surface area contributed by atoms with Gasteiger partial charge in [0.1, 0.15) is 18.9 Å². The third kappa shape index (κ3) is 4.15. The first-order valence-corrected chi connectivity index (χ1v) is 10.8. The normalized spacial score (nSPS) is 24.7. The summed E-state index contributed by atoms with van der Waals surface area (Å²) in [5.74, 6) is -0.147. The lowest BCUT2D eigenvalue weighted by Gasteiger charge is -2.34. The highest BCUT2D eigenvalue weighted by Crippen LogP contribution is 2.30. The molecule has 2 unspecified atom stereocenters. The molecule has 0 spiro atoms. The van der Waals surface area contributed by atoms with Crippen LogP contribution in [0.15, 0.2) is 29.4 Å². The summed E-state index contributed by atoms with van der Waals surface area (Å²) in [6.45, 7) is 2.16. The van der Waals surface area contributed by atoms with Gasteiger partial charge in [0.2, 0.25) is 5.91 Å². The quantitative estimate of drug-likeness (QED) is 0.829. The highest BCUT2D eigenvalue weighted by molar-refractivity contribution is 5.91. The standard InChI is InChI=1S/C22H31N5O2/c1-3-16-9-11-17(12-10-16)19-13-20-22(29)26(23-15-27(20)24-19)14-21(28)25(2)18-7-5-4-6-8-18/h9-12,15,18-20,24H,3-8,13-14H2,1-2H3. The Labute approximate surface area is 172 Å². The SMILES string of the molecule is CCc1ccc(C2CC3C(=O)N(CC(=O)N(C)C4CCCCC4)N=CN3N2)cc1. The van der Waals surface area contributed by atoms with Crippen LogP contribution in [0.3, 0.4) is 0 Å². The van der Waals surface area contributed by atoms with Crippen molar-refractivity contribution in [3.63, 3.8) is 0 Å². The predicted molar refractivity (Wildman–Crippen MR) is 112 cm³/mol. The van der Waals surface area contributed by atoms with Crippen LogP contribution < -0.4 is 5.43 Å². The van der Waals surface area contributed by atoms with Crippen LogP contribution in [0.4, 0.5) is 0 Å². The lowest BCUT2D eigenvalue weighted by atomic mass is 9.94. The Morgan fingerprint density at radius 2 is 1.93 bits per heavy atom. The Morgan fingerprint density at radius 3 is 2.62 bits per heavy atom. The zero-order valence-electron chi connectivity index (χ0n) is 17.4. The number of aryl methyl sites for hydroxylation is 1. The number of benzene rings is 1. The molecule has 7 heteroatoms. The maximum Gasteiger partial charge on any atom is 0.267 e. The van der Waals surface area contributed by atoms with Crippen LogP contribution in [0.2, 0.25) is 0 Å². The van der Waals surface area contributed by atoms with Gasteiger partial charge in [-0.2, -0.15) is 5.10 Å². The average Bonchev–Trinajstić information content (AvgIpc) is 3.21. The van der Waals surface area contributed by atoms with Crippen molar-refractivity contribution in [2.24, 2.45) is 5.10 Å². The van der Waals surface area contributed by atoms with Gasteiger partial charge in [0.25, 0.3) is 5.91 Å². The van der Waals surface area contributed by atoms with E-state index in [0.717, 1.165) is 24.8 Å². The molecule has 4 rings (SSSR count). The van der Waals surface area contributed by atoms with Crippen molar-refractivity contribution in [2.45, 2.75) is 70.0 Å². The number of hydrazone groups is 1. The second-order valence-corrected chi connectivity index (χ2v) is 8.36. The molecule has 2 aliphatic heterocycles. The summed E-state index contributed by atoms with van der Waals surface area (Å²) >= 11 is 0. The number of amides is 2. The van der Waals surface area contributed by atoms with Crippen molar-refractivity contribution in [2.75, 3.05) is 13.6 Å². The van der Waals surface area contributed by atoms with Gasteiger partial charge in [0.05, 0.1) is 6.04 Å². The summed E-state index contributed by atoms with van der Waals surface area (Å²) in [7, 11) is 1.86. The summed E-state index contributed by atoms with van der Waals surface area (Å²) in [6.07, 6.45) is 9.02. The van der Waals surface area contributed by atoms with Gasteiger partial charge in [0.15, 0.2) is 0 Å². The molecule has 1 aromatic rings. The summed E-state index contributed by atoms with van der Waals surface area (Å²) in [6, 6.07) is 8.55. The molecular formula is C22H31N5O2. The lowest BCUT2D eigenvalue weighted by molar-refractivity contribution is -0.144. The maximum atomic E-state index is 13.0. The highest BCUT2D eigenvalue weighted by Gasteiger charge is 2.41. The van der Waals surface area contributed by atoms with E-state index in [1.807, 2.05) is 11.9 Å². The van der Waals surface area contributed by atoms with Crippen molar-refractivity contribution in [3.05, 3.63) is 35.4 Å². The minimum atomic E-state index is -0.323. The van der Waals surface area contributed by atoms with Gasteiger partial charge in [0, 0.05) is 13.1 Å². The molecule has 1 saturated carbocycles. The van der Waals surface area contributed by atoms with Gasteiger partial charge in [-0.1, -0.05) is 50.5 Å². The predicted octanol–water partition coefficient (Wildman–Crippen LogP) is 2.45. The number of carbonyl (C=O) groups excluding carboxylic acids is 2. The number of hydrazine groups is 1. The number of fused-ring (bicyclic) bond motifs is 1. The molecule has 29 heavy (non-hydrogen) atoms. The van der Waals surface area contributed by atoms with E-state index in [2.05, 4.69) is 41.7 Å². The molecule has 2 atom stereocenters. The molecule has 0 radical (unpaired) electrons. The number of likely N-dealkylation sites (N-methyl/N-ethyl adjacent to an activating group) is 1. The number of hydrogen-bond donors (Lipinski definition) is 1. The molecule has 0 bridgehead atoms. The van der Waals surface area contributed by atoms with Crippen LogP contribution in [0.1, 0.15) is 62.6 Å². The number of rotatable bonds is 5. The Morgan fingerprint density at radius 1 is 1.21 bits per heavy atom. The van der Waals surface area contributed by atoms with E-state index in [-0.39, 0.29) is 30.4 Å². The second-order valence-electron chi connectivity index (χ2n) is 8.36. The van der Waals surface area contributed by atoms with E-state index in [4.69, 9.17) is 0 Å². The maximum absolute atomic E-state index is 13.0. The van der Waals surface area contributed by atoms with Gasteiger partial charge in [-0.25, -0.2) is 10.4 Å². The van der Waals surface area contributed by atoms with E-state index in [0.29, 0.717) is 12.5 Å². The Hall–Kier alpha value is -2.41. The van der Waals surface area contributed by atoms with Gasteiger partial charge in [-0.15, -0.1) is 0 Å². The molecule has 1 N–H and O–H groups in total. The van der Waals surface area contributed by atoms with Gasteiger partial charge in [-0.05, 0) is 36.8 Å².